The average Bonchev–Trinajstić information content (AvgIpc) is 3.57. The predicted octanol–water partition coefficient (Wildman–Crippen LogP) is 2.79. The minimum Gasteiger partial charge on any atom is -1.00 e. The molecule has 2 aliphatic carbocycles. The summed E-state index contributed by atoms with van der Waals surface area (Å²) in [6.45, 7) is 8.95. The van der Waals surface area contributed by atoms with Crippen LogP contribution in [0.4, 0.5) is 0 Å². The van der Waals surface area contributed by atoms with Crippen LogP contribution in [0.25, 0.3) is 21.5 Å². The number of hydrogen-bond donors (Lipinski definition) is 0. The summed E-state index contributed by atoms with van der Waals surface area (Å²) in [5.74, 6) is 0.706. The van der Waals surface area contributed by atoms with Crippen LogP contribution in [-0.2, 0) is 51.9 Å². The molecule has 0 spiro atoms. The van der Waals surface area contributed by atoms with Gasteiger partial charge in [0.05, 0.1) is 0 Å². The standard InChI is InChI=1S/C17H21.C12H11.C2H6Si.2ClH.Zr/c1-3-5-12(2)16-9-8-15-10-13-6-4-7-14(13)11-17(15)16;1-3-9-7-11-5-2-6-12(11)8-10(9)4-1;1-3-2;;;/h8-12H,3-7H2,1-2H3;1,3-4,7-8H,2,5-6H2;1-2H3;2*1H;/q2*-1;;;;+4/p-2. The molecule has 4 aromatic carbocycles. The van der Waals surface area contributed by atoms with Crippen LogP contribution in [0.1, 0.15) is 73.3 Å². The van der Waals surface area contributed by atoms with Gasteiger partial charge in [0, 0.05) is 9.52 Å². The van der Waals surface area contributed by atoms with Gasteiger partial charge in [-0.05, 0) is 38.5 Å². The van der Waals surface area contributed by atoms with Crippen molar-refractivity contribution in [2.75, 3.05) is 0 Å². The van der Waals surface area contributed by atoms with Gasteiger partial charge in [0.2, 0.25) is 0 Å². The Balaban J connectivity index is 0.000000302. The molecule has 2 aliphatic rings. The molecule has 0 N–H and O–H groups in total. The average molecular weight is 601 g/mol. The van der Waals surface area contributed by atoms with Crippen molar-refractivity contribution < 1.29 is 51.0 Å². The van der Waals surface area contributed by atoms with Gasteiger partial charge in [0.15, 0.2) is 0 Å². The quantitative estimate of drug-likeness (QED) is 0.251. The van der Waals surface area contributed by atoms with Crippen LogP contribution in [0.15, 0.2) is 54.6 Å². The van der Waals surface area contributed by atoms with Crippen LogP contribution in [0, 0.1) is 0 Å². The molecule has 0 nitrogen and oxygen atoms in total. The Kier molecular flexibility index (Phi) is 14.4. The first-order chi connectivity index (χ1) is 15.6. The smallest absolute Gasteiger partial charge is 1.00 e. The summed E-state index contributed by atoms with van der Waals surface area (Å²) in [7, 11) is 1.08. The second-order valence-electron chi connectivity index (χ2n) is 9.67. The van der Waals surface area contributed by atoms with Crippen LogP contribution in [-0.4, -0.2) is 9.52 Å². The van der Waals surface area contributed by atoms with Crippen molar-refractivity contribution in [3.8, 4) is 0 Å². The van der Waals surface area contributed by atoms with E-state index >= 15 is 0 Å². The van der Waals surface area contributed by atoms with E-state index in [4.69, 9.17) is 0 Å². The third-order valence-electron chi connectivity index (χ3n) is 7.12. The Morgan fingerprint density at radius 1 is 0.829 bits per heavy atom. The topological polar surface area (TPSA) is 0 Å². The van der Waals surface area contributed by atoms with Crippen molar-refractivity contribution in [2.45, 2.75) is 84.2 Å². The van der Waals surface area contributed by atoms with Gasteiger partial charge < -0.3 is 24.8 Å². The Hall–Kier alpha value is -0.660. The molecule has 1 atom stereocenters. The minimum atomic E-state index is 0. The van der Waals surface area contributed by atoms with E-state index in [1.807, 2.05) is 0 Å². The first-order valence-electron chi connectivity index (χ1n) is 12.6. The maximum Gasteiger partial charge on any atom is 4.00 e. The van der Waals surface area contributed by atoms with Gasteiger partial charge in [-0.3, -0.25) is 0 Å². The van der Waals surface area contributed by atoms with E-state index in [0.29, 0.717) is 5.92 Å². The molecule has 0 aromatic heterocycles. The van der Waals surface area contributed by atoms with Gasteiger partial charge >= 0.3 is 26.2 Å². The molecule has 1 unspecified atom stereocenters. The van der Waals surface area contributed by atoms with E-state index in [1.165, 1.54) is 72.9 Å². The molecular weight excluding hydrogens is 563 g/mol. The molecular formula is C31H38Cl2SiZr. The fourth-order valence-corrected chi connectivity index (χ4v) is 5.52. The zero-order valence-corrected chi connectivity index (χ0v) is 26.7. The first-order valence-corrected chi connectivity index (χ1v) is 14.6. The summed E-state index contributed by atoms with van der Waals surface area (Å²) in [6.07, 6.45) is 10.4. The molecule has 35 heavy (non-hydrogen) atoms. The van der Waals surface area contributed by atoms with Crippen molar-refractivity contribution in [1.29, 1.82) is 0 Å². The van der Waals surface area contributed by atoms with E-state index < -0.39 is 0 Å². The van der Waals surface area contributed by atoms with Crippen LogP contribution in [0.2, 0.25) is 13.1 Å². The fourth-order valence-electron chi connectivity index (χ4n) is 5.52. The molecule has 0 aliphatic heterocycles. The van der Waals surface area contributed by atoms with Gasteiger partial charge in [-0.2, -0.15) is 17.7 Å². The van der Waals surface area contributed by atoms with Crippen molar-refractivity contribution in [2.24, 2.45) is 0 Å². The van der Waals surface area contributed by atoms with Gasteiger partial charge in [-0.15, -0.1) is 64.0 Å². The third kappa shape index (κ3) is 7.67. The van der Waals surface area contributed by atoms with Gasteiger partial charge in [-0.1, -0.05) is 68.0 Å². The number of aryl methyl sites for hydroxylation is 4. The molecule has 184 valence electrons. The fraction of sp³-hybridized carbons (Fsp3) is 0.419. The van der Waals surface area contributed by atoms with E-state index in [1.54, 1.807) is 27.8 Å². The molecule has 0 saturated heterocycles. The summed E-state index contributed by atoms with van der Waals surface area (Å²) in [5, 5.41) is 5.81. The Labute approximate surface area is 247 Å². The van der Waals surface area contributed by atoms with E-state index in [0.717, 1.165) is 9.52 Å². The van der Waals surface area contributed by atoms with E-state index in [2.05, 4.69) is 81.5 Å². The number of rotatable bonds is 3. The maximum absolute atomic E-state index is 2.47. The van der Waals surface area contributed by atoms with Gasteiger partial charge in [-0.25, -0.2) is 0 Å². The van der Waals surface area contributed by atoms with E-state index in [-0.39, 0.29) is 51.0 Å². The zero-order valence-electron chi connectivity index (χ0n) is 21.7. The SMILES string of the molecule is CCCC(C)c1c[cH-]c2cc3c(cc12)CCC3.C[Si]C.[Cl-].[Cl-].[Zr+4].c1cc2cc3c(cc2[cH-]1)CCC3. The second-order valence-corrected chi connectivity index (χ2v) is 10.7. The van der Waals surface area contributed by atoms with Crippen molar-refractivity contribution >= 4 is 31.1 Å². The van der Waals surface area contributed by atoms with Gasteiger partial charge in [0.1, 0.15) is 0 Å². The third-order valence-corrected chi connectivity index (χ3v) is 7.12. The molecule has 0 heterocycles. The molecule has 0 saturated carbocycles. The second kappa shape index (κ2) is 15.6. The van der Waals surface area contributed by atoms with Gasteiger partial charge in [0.25, 0.3) is 0 Å². The van der Waals surface area contributed by atoms with Crippen LogP contribution >= 0.6 is 0 Å². The molecule has 0 fully saturated rings. The largest absolute Gasteiger partial charge is 4.00 e. The van der Waals surface area contributed by atoms with Crippen molar-refractivity contribution in [3.63, 3.8) is 0 Å². The van der Waals surface area contributed by atoms with Crippen molar-refractivity contribution in [3.05, 3.63) is 82.4 Å². The number of fused-ring (bicyclic) bond motifs is 4. The predicted molar refractivity (Wildman–Crippen MR) is 144 cm³/mol. The number of benzene rings is 2. The summed E-state index contributed by atoms with van der Waals surface area (Å²) >= 11 is 0. The Bertz CT molecular complexity index is 1140. The Morgan fingerprint density at radius 2 is 1.37 bits per heavy atom. The van der Waals surface area contributed by atoms with E-state index in [9.17, 15) is 0 Å². The summed E-state index contributed by atoms with van der Waals surface area (Å²) in [4.78, 5) is 0. The number of hydrogen-bond acceptors (Lipinski definition) is 0. The summed E-state index contributed by atoms with van der Waals surface area (Å²) in [5.41, 5.74) is 7.92. The molecule has 2 radical (unpaired) electrons. The normalized spacial score (nSPS) is 13.7. The summed E-state index contributed by atoms with van der Waals surface area (Å²) in [6, 6.07) is 20.8. The molecule has 4 heteroatoms. The van der Waals surface area contributed by atoms with Crippen molar-refractivity contribution in [1.82, 2.24) is 0 Å². The maximum atomic E-state index is 2.47. The molecule has 4 aromatic rings. The molecule has 0 amide bonds. The van der Waals surface area contributed by atoms with Crippen LogP contribution in [0.5, 0.6) is 0 Å². The summed E-state index contributed by atoms with van der Waals surface area (Å²) < 4.78 is 0. The monoisotopic (exact) mass is 598 g/mol. The number of halogens is 2. The van der Waals surface area contributed by atoms with Crippen LogP contribution < -0.4 is 24.8 Å². The Morgan fingerprint density at radius 3 is 1.97 bits per heavy atom. The molecule has 6 rings (SSSR count). The minimum absolute atomic E-state index is 0. The van der Waals surface area contributed by atoms with Crippen LogP contribution in [0.3, 0.4) is 0 Å². The molecule has 0 bridgehead atoms. The zero-order chi connectivity index (χ0) is 22.5. The first kappa shape index (κ1) is 32.4.